The highest BCUT2D eigenvalue weighted by Gasteiger charge is 2.25. The highest BCUT2D eigenvalue weighted by atomic mass is 16.2. The van der Waals surface area contributed by atoms with Crippen molar-refractivity contribution >= 4 is 17.1 Å². The van der Waals surface area contributed by atoms with E-state index in [4.69, 9.17) is 4.98 Å². The quantitative estimate of drug-likeness (QED) is 0.547. The molecule has 2 aromatic heterocycles. The highest BCUT2D eigenvalue weighted by Crippen LogP contribution is 2.22. The summed E-state index contributed by atoms with van der Waals surface area (Å²) in [6.07, 6.45) is 4.44. The van der Waals surface area contributed by atoms with Gasteiger partial charge in [0.15, 0.2) is 11.2 Å². The standard InChI is InChI=1S/C24H34N6O2/c1-4-5-6-9-12-30-20-21(27(3)24(32)26-22(20)31)25-23(30)29-15-13-28(14-16-29)17-19-11-8-7-10-18(19)2/h7-8,10-11H,4-6,9,12-17H2,1-3H3,(H,26,31,32). The number of aryl methyl sites for hydroxylation is 3. The SMILES string of the molecule is CCCCCCn1c(N2CCN(Cc3ccccc3C)CC2)nc2c1c(=O)[nH]c(=O)n2C. The molecule has 0 atom stereocenters. The third-order valence-corrected chi connectivity index (χ3v) is 6.53. The summed E-state index contributed by atoms with van der Waals surface area (Å²) < 4.78 is 3.47. The molecule has 32 heavy (non-hydrogen) atoms. The molecule has 4 rings (SSSR count). The van der Waals surface area contributed by atoms with E-state index in [0.717, 1.165) is 64.5 Å². The Bertz CT molecular complexity index is 1180. The van der Waals surface area contributed by atoms with Gasteiger partial charge in [-0.25, -0.2) is 4.79 Å². The first kappa shape index (κ1) is 22.3. The van der Waals surface area contributed by atoms with E-state index >= 15 is 0 Å². The van der Waals surface area contributed by atoms with E-state index in [-0.39, 0.29) is 5.56 Å². The first-order chi connectivity index (χ1) is 15.5. The molecule has 1 saturated heterocycles. The van der Waals surface area contributed by atoms with Crippen molar-refractivity contribution < 1.29 is 0 Å². The number of imidazole rings is 1. The molecule has 8 nitrogen and oxygen atoms in total. The van der Waals surface area contributed by atoms with Crippen LogP contribution >= 0.6 is 0 Å². The Morgan fingerprint density at radius 3 is 2.50 bits per heavy atom. The number of aromatic amines is 1. The summed E-state index contributed by atoms with van der Waals surface area (Å²) >= 11 is 0. The van der Waals surface area contributed by atoms with E-state index in [0.29, 0.717) is 11.2 Å². The van der Waals surface area contributed by atoms with Crippen LogP contribution in [-0.2, 0) is 20.1 Å². The van der Waals surface area contributed by atoms with E-state index in [1.54, 1.807) is 7.05 Å². The summed E-state index contributed by atoms with van der Waals surface area (Å²) in [5.74, 6) is 0.804. The van der Waals surface area contributed by atoms with E-state index in [2.05, 4.69) is 52.9 Å². The molecular formula is C24H34N6O2. The Morgan fingerprint density at radius 1 is 1.03 bits per heavy atom. The van der Waals surface area contributed by atoms with Crippen molar-refractivity contribution in [1.29, 1.82) is 0 Å². The molecule has 172 valence electrons. The van der Waals surface area contributed by atoms with Gasteiger partial charge in [-0.1, -0.05) is 50.5 Å². The number of anilines is 1. The third-order valence-electron chi connectivity index (χ3n) is 6.53. The number of nitrogens with one attached hydrogen (secondary N) is 1. The van der Waals surface area contributed by atoms with Crippen molar-refractivity contribution in [2.24, 2.45) is 7.05 Å². The van der Waals surface area contributed by atoms with Gasteiger partial charge in [-0.15, -0.1) is 0 Å². The van der Waals surface area contributed by atoms with Crippen LogP contribution in [0.4, 0.5) is 5.95 Å². The van der Waals surface area contributed by atoms with Gasteiger partial charge in [-0.05, 0) is 24.5 Å². The molecule has 8 heteroatoms. The molecule has 1 aliphatic rings. The first-order valence-electron chi connectivity index (χ1n) is 11.7. The van der Waals surface area contributed by atoms with Crippen LogP contribution in [0, 0.1) is 6.92 Å². The van der Waals surface area contributed by atoms with Crippen LogP contribution in [0.3, 0.4) is 0 Å². The summed E-state index contributed by atoms with van der Waals surface area (Å²) in [6.45, 7) is 9.58. The van der Waals surface area contributed by atoms with Crippen LogP contribution in [0.5, 0.6) is 0 Å². The number of piperazine rings is 1. The van der Waals surface area contributed by atoms with Crippen LogP contribution in [0.2, 0.25) is 0 Å². The second-order valence-corrected chi connectivity index (χ2v) is 8.80. The van der Waals surface area contributed by atoms with Gasteiger partial charge < -0.3 is 9.47 Å². The number of rotatable bonds is 8. The van der Waals surface area contributed by atoms with Crippen molar-refractivity contribution in [1.82, 2.24) is 24.0 Å². The van der Waals surface area contributed by atoms with Gasteiger partial charge in [-0.3, -0.25) is 19.2 Å². The molecule has 3 heterocycles. The summed E-state index contributed by atoms with van der Waals surface area (Å²) in [6, 6.07) is 8.54. The number of hydrogen-bond acceptors (Lipinski definition) is 5. The lowest BCUT2D eigenvalue weighted by Crippen LogP contribution is -2.47. The lowest BCUT2D eigenvalue weighted by molar-refractivity contribution is 0.247. The maximum atomic E-state index is 12.7. The lowest BCUT2D eigenvalue weighted by atomic mass is 10.1. The average molecular weight is 439 g/mol. The van der Waals surface area contributed by atoms with Gasteiger partial charge in [0.05, 0.1) is 0 Å². The maximum absolute atomic E-state index is 12.7. The van der Waals surface area contributed by atoms with Gasteiger partial charge in [0.2, 0.25) is 5.95 Å². The molecule has 0 saturated carbocycles. The van der Waals surface area contributed by atoms with E-state index in [1.807, 2.05) is 4.57 Å². The second-order valence-electron chi connectivity index (χ2n) is 8.80. The van der Waals surface area contributed by atoms with Crippen LogP contribution in [0.25, 0.3) is 11.2 Å². The zero-order chi connectivity index (χ0) is 22.7. The Balaban J connectivity index is 1.57. The summed E-state index contributed by atoms with van der Waals surface area (Å²) in [5.41, 5.74) is 2.88. The van der Waals surface area contributed by atoms with Crippen LogP contribution < -0.4 is 16.1 Å². The smallest absolute Gasteiger partial charge is 0.329 e. The van der Waals surface area contributed by atoms with E-state index in [1.165, 1.54) is 22.1 Å². The molecule has 1 aliphatic heterocycles. The fraction of sp³-hybridized carbons (Fsp3) is 0.542. The third kappa shape index (κ3) is 4.50. The monoisotopic (exact) mass is 438 g/mol. The Labute approximate surface area is 188 Å². The molecule has 0 bridgehead atoms. The lowest BCUT2D eigenvalue weighted by Gasteiger charge is -2.35. The number of aromatic nitrogens is 4. The summed E-state index contributed by atoms with van der Waals surface area (Å²) in [7, 11) is 1.67. The Kier molecular flexibility index (Phi) is 6.79. The minimum Gasteiger partial charge on any atom is -0.340 e. The van der Waals surface area contributed by atoms with Gasteiger partial charge in [0.1, 0.15) is 0 Å². The largest absolute Gasteiger partial charge is 0.340 e. The molecule has 0 aliphatic carbocycles. The minimum atomic E-state index is -0.423. The van der Waals surface area contributed by atoms with Gasteiger partial charge >= 0.3 is 5.69 Å². The number of hydrogen-bond donors (Lipinski definition) is 1. The Morgan fingerprint density at radius 2 is 1.78 bits per heavy atom. The number of unbranched alkanes of at least 4 members (excludes halogenated alkanes) is 3. The van der Waals surface area contributed by atoms with E-state index in [9.17, 15) is 9.59 Å². The van der Waals surface area contributed by atoms with Gasteiger partial charge in [0, 0.05) is 46.3 Å². The predicted octanol–water partition coefficient (Wildman–Crippen LogP) is 2.63. The molecule has 3 aromatic rings. The molecule has 0 radical (unpaired) electrons. The Hall–Kier alpha value is -2.87. The van der Waals surface area contributed by atoms with Crippen molar-refractivity contribution in [3.8, 4) is 0 Å². The molecule has 0 unspecified atom stereocenters. The second kappa shape index (κ2) is 9.73. The molecule has 0 amide bonds. The number of nitrogens with zero attached hydrogens (tertiary/aromatic N) is 5. The van der Waals surface area contributed by atoms with Crippen LogP contribution in [0.15, 0.2) is 33.9 Å². The highest BCUT2D eigenvalue weighted by molar-refractivity contribution is 5.74. The van der Waals surface area contributed by atoms with Crippen LogP contribution in [-0.4, -0.2) is 50.2 Å². The number of H-pyrrole nitrogens is 1. The first-order valence-corrected chi connectivity index (χ1v) is 11.7. The number of benzene rings is 1. The maximum Gasteiger partial charge on any atom is 0.329 e. The van der Waals surface area contributed by atoms with Crippen molar-refractivity contribution in [3.63, 3.8) is 0 Å². The fourth-order valence-electron chi connectivity index (χ4n) is 4.51. The molecule has 1 N–H and O–H groups in total. The zero-order valence-corrected chi connectivity index (χ0v) is 19.4. The minimum absolute atomic E-state index is 0.351. The predicted molar refractivity (Wildman–Crippen MR) is 128 cm³/mol. The molecular weight excluding hydrogens is 404 g/mol. The molecule has 1 aromatic carbocycles. The molecule has 1 fully saturated rings. The van der Waals surface area contributed by atoms with Gasteiger partial charge in [0.25, 0.3) is 5.56 Å². The van der Waals surface area contributed by atoms with Crippen molar-refractivity contribution in [3.05, 3.63) is 56.2 Å². The van der Waals surface area contributed by atoms with Crippen molar-refractivity contribution in [2.45, 2.75) is 52.6 Å². The topological polar surface area (TPSA) is 79.2 Å². The molecule has 0 spiro atoms. The average Bonchev–Trinajstić information content (AvgIpc) is 3.17. The fourth-order valence-corrected chi connectivity index (χ4v) is 4.51. The van der Waals surface area contributed by atoms with Crippen molar-refractivity contribution in [2.75, 3.05) is 31.1 Å². The van der Waals surface area contributed by atoms with E-state index < -0.39 is 5.69 Å². The number of fused-ring (bicyclic) bond motifs is 1. The normalized spacial score (nSPS) is 15.0. The van der Waals surface area contributed by atoms with Crippen LogP contribution in [0.1, 0.15) is 43.7 Å². The zero-order valence-electron chi connectivity index (χ0n) is 19.4. The van der Waals surface area contributed by atoms with Gasteiger partial charge in [-0.2, -0.15) is 4.98 Å². The summed E-state index contributed by atoms with van der Waals surface area (Å²) in [4.78, 5) is 36.8. The summed E-state index contributed by atoms with van der Waals surface area (Å²) in [5, 5.41) is 0.